The fourth-order valence-corrected chi connectivity index (χ4v) is 2.63. The van der Waals surface area contributed by atoms with Crippen LogP contribution in [0.1, 0.15) is 52.9 Å². The predicted octanol–water partition coefficient (Wildman–Crippen LogP) is 2.38. The number of hydrogen-bond acceptors (Lipinski definition) is 2. The third-order valence-corrected chi connectivity index (χ3v) is 4.67. The summed E-state index contributed by atoms with van der Waals surface area (Å²) in [6.07, 6.45) is 5.65. The second kappa shape index (κ2) is 5.80. The van der Waals surface area contributed by atoms with E-state index in [1.165, 1.54) is 25.7 Å². The largest absolute Gasteiger partial charge is 0.392 e. The summed E-state index contributed by atoms with van der Waals surface area (Å²) in [7, 11) is 0. The molecule has 0 saturated heterocycles. The first-order chi connectivity index (χ1) is 7.91. The standard InChI is InChI=1S/C13H24N2OS/c1-4-13(3,11(14)17)12(16)15-9(2)10-7-5-6-8-10/h9-10H,4-8H2,1-3H3,(H2,14,17)(H,15,16). The number of hydrogen-bond donors (Lipinski definition) is 2. The van der Waals surface area contributed by atoms with Crippen LogP contribution in [-0.4, -0.2) is 16.9 Å². The van der Waals surface area contributed by atoms with Crippen LogP contribution in [-0.2, 0) is 4.79 Å². The molecule has 1 aliphatic rings. The molecule has 1 fully saturated rings. The van der Waals surface area contributed by atoms with E-state index < -0.39 is 5.41 Å². The molecule has 0 spiro atoms. The normalized spacial score (nSPS) is 21.8. The third-order valence-electron chi connectivity index (χ3n) is 4.22. The first kappa shape index (κ1) is 14.4. The number of nitrogens with two attached hydrogens (primary N) is 1. The Bertz CT molecular complexity index is 300. The van der Waals surface area contributed by atoms with E-state index in [-0.39, 0.29) is 16.9 Å². The first-order valence-corrected chi connectivity index (χ1v) is 6.93. The number of carbonyl (C=O) groups is 1. The Morgan fingerprint density at radius 1 is 1.53 bits per heavy atom. The maximum absolute atomic E-state index is 12.2. The predicted molar refractivity (Wildman–Crippen MR) is 74.7 cm³/mol. The molecule has 98 valence electrons. The highest BCUT2D eigenvalue weighted by Crippen LogP contribution is 2.29. The number of amides is 1. The minimum atomic E-state index is -0.706. The molecule has 0 aromatic rings. The second-order valence-corrected chi connectivity index (χ2v) is 5.80. The Labute approximate surface area is 110 Å². The summed E-state index contributed by atoms with van der Waals surface area (Å²) >= 11 is 5.01. The van der Waals surface area contributed by atoms with E-state index in [4.69, 9.17) is 18.0 Å². The summed E-state index contributed by atoms with van der Waals surface area (Å²) in [5.41, 5.74) is 4.98. The average Bonchev–Trinajstić information content (AvgIpc) is 2.80. The van der Waals surface area contributed by atoms with Crippen LogP contribution in [0.25, 0.3) is 0 Å². The van der Waals surface area contributed by atoms with Gasteiger partial charge in [0.25, 0.3) is 0 Å². The van der Waals surface area contributed by atoms with Crippen molar-refractivity contribution in [2.45, 2.75) is 58.9 Å². The minimum Gasteiger partial charge on any atom is -0.392 e. The Kier molecular flexibility index (Phi) is 4.92. The Hall–Kier alpha value is -0.640. The lowest BCUT2D eigenvalue weighted by atomic mass is 9.85. The molecule has 2 unspecified atom stereocenters. The van der Waals surface area contributed by atoms with Crippen molar-refractivity contribution in [3.05, 3.63) is 0 Å². The molecule has 0 heterocycles. The van der Waals surface area contributed by atoms with E-state index >= 15 is 0 Å². The highest BCUT2D eigenvalue weighted by Gasteiger charge is 2.36. The van der Waals surface area contributed by atoms with Crippen LogP contribution in [0.3, 0.4) is 0 Å². The highest BCUT2D eigenvalue weighted by atomic mass is 32.1. The van der Waals surface area contributed by atoms with Gasteiger partial charge < -0.3 is 11.1 Å². The molecule has 0 aliphatic heterocycles. The molecule has 3 N–H and O–H groups in total. The second-order valence-electron chi connectivity index (χ2n) is 5.36. The molecule has 0 bridgehead atoms. The monoisotopic (exact) mass is 256 g/mol. The summed E-state index contributed by atoms with van der Waals surface area (Å²) in [5.74, 6) is 0.596. The van der Waals surface area contributed by atoms with E-state index in [1.54, 1.807) is 0 Å². The smallest absolute Gasteiger partial charge is 0.232 e. The van der Waals surface area contributed by atoms with Gasteiger partial charge in [0.1, 0.15) is 0 Å². The van der Waals surface area contributed by atoms with Crippen LogP contribution in [0.5, 0.6) is 0 Å². The molecule has 2 atom stereocenters. The van der Waals surface area contributed by atoms with Crippen molar-refractivity contribution in [3.63, 3.8) is 0 Å². The zero-order valence-electron chi connectivity index (χ0n) is 11.1. The van der Waals surface area contributed by atoms with Crippen LogP contribution < -0.4 is 11.1 Å². The molecule has 1 aliphatic carbocycles. The van der Waals surface area contributed by atoms with Crippen molar-refractivity contribution in [2.75, 3.05) is 0 Å². The van der Waals surface area contributed by atoms with Gasteiger partial charge in [-0.25, -0.2) is 0 Å². The van der Waals surface area contributed by atoms with Gasteiger partial charge in [-0.2, -0.15) is 0 Å². The van der Waals surface area contributed by atoms with Gasteiger partial charge in [-0.3, -0.25) is 4.79 Å². The molecule has 1 rings (SSSR count). The van der Waals surface area contributed by atoms with Crippen LogP contribution in [0.15, 0.2) is 0 Å². The summed E-state index contributed by atoms with van der Waals surface area (Å²) in [6.45, 7) is 5.86. The van der Waals surface area contributed by atoms with Crippen molar-refractivity contribution in [1.29, 1.82) is 0 Å². The van der Waals surface area contributed by atoms with Gasteiger partial charge in [-0.1, -0.05) is 32.0 Å². The lowest BCUT2D eigenvalue weighted by molar-refractivity contribution is -0.128. The van der Waals surface area contributed by atoms with Crippen molar-refractivity contribution < 1.29 is 4.79 Å². The molecule has 3 nitrogen and oxygen atoms in total. The fourth-order valence-electron chi connectivity index (χ4n) is 2.39. The average molecular weight is 256 g/mol. The molecular formula is C13H24N2OS. The Balaban J connectivity index is 2.60. The van der Waals surface area contributed by atoms with Gasteiger partial charge in [0, 0.05) is 6.04 Å². The number of thiocarbonyl (C=S) groups is 1. The molecule has 1 amide bonds. The van der Waals surface area contributed by atoms with E-state index in [2.05, 4.69) is 12.2 Å². The maximum Gasteiger partial charge on any atom is 0.232 e. The third kappa shape index (κ3) is 3.18. The maximum atomic E-state index is 12.2. The van der Waals surface area contributed by atoms with Crippen molar-refractivity contribution in [3.8, 4) is 0 Å². The van der Waals surface area contributed by atoms with E-state index in [0.29, 0.717) is 12.3 Å². The van der Waals surface area contributed by atoms with E-state index in [9.17, 15) is 4.79 Å². The molecular weight excluding hydrogens is 232 g/mol. The zero-order chi connectivity index (χ0) is 13.1. The van der Waals surface area contributed by atoms with Crippen molar-refractivity contribution >= 4 is 23.1 Å². The SMILES string of the molecule is CCC(C)(C(=O)NC(C)C1CCCC1)C(N)=S. The molecule has 0 aromatic heterocycles. The van der Waals surface area contributed by atoms with Crippen LogP contribution in [0, 0.1) is 11.3 Å². The first-order valence-electron chi connectivity index (χ1n) is 6.52. The quantitative estimate of drug-likeness (QED) is 0.743. The summed E-state index contributed by atoms with van der Waals surface area (Å²) in [4.78, 5) is 12.5. The van der Waals surface area contributed by atoms with Crippen LogP contribution in [0.2, 0.25) is 0 Å². The van der Waals surface area contributed by atoms with Gasteiger partial charge in [0.2, 0.25) is 5.91 Å². The van der Waals surface area contributed by atoms with Crippen molar-refractivity contribution in [1.82, 2.24) is 5.32 Å². The summed E-state index contributed by atoms with van der Waals surface area (Å²) < 4.78 is 0. The Morgan fingerprint density at radius 2 is 2.06 bits per heavy atom. The molecule has 17 heavy (non-hydrogen) atoms. The zero-order valence-corrected chi connectivity index (χ0v) is 11.9. The molecule has 4 heteroatoms. The summed E-state index contributed by atoms with van der Waals surface area (Å²) in [5, 5.41) is 3.09. The van der Waals surface area contributed by atoms with Gasteiger partial charge >= 0.3 is 0 Å². The van der Waals surface area contributed by atoms with Crippen molar-refractivity contribution in [2.24, 2.45) is 17.1 Å². The van der Waals surface area contributed by atoms with Gasteiger partial charge in [-0.15, -0.1) is 0 Å². The number of rotatable bonds is 5. The van der Waals surface area contributed by atoms with Gasteiger partial charge in [-0.05, 0) is 39.0 Å². The topological polar surface area (TPSA) is 55.1 Å². The molecule has 0 aromatic carbocycles. The lowest BCUT2D eigenvalue weighted by Gasteiger charge is -2.29. The van der Waals surface area contributed by atoms with E-state index in [0.717, 1.165) is 0 Å². The minimum absolute atomic E-state index is 0.0214. The van der Waals surface area contributed by atoms with Gasteiger partial charge in [0.05, 0.1) is 10.4 Å². The Morgan fingerprint density at radius 3 is 2.47 bits per heavy atom. The molecule has 1 saturated carbocycles. The summed E-state index contributed by atoms with van der Waals surface area (Å²) in [6, 6.07) is 0.227. The highest BCUT2D eigenvalue weighted by molar-refractivity contribution is 7.80. The molecule has 0 radical (unpaired) electrons. The van der Waals surface area contributed by atoms with E-state index in [1.807, 2.05) is 13.8 Å². The number of nitrogens with one attached hydrogen (secondary N) is 1. The number of carbonyl (C=O) groups excluding carboxylic acids is 1. The van der Waals surface area contributed by atoms with Gasteiger partial charge in [0.15, 0.2) is 0 Å². The van der Waals surface area contributed by atoms with Crippen LogP contribution >= 0.6 is 12.2 Å². The lowest BCUT2D eigenvalue weighted by Crippen LogP contribution is -2.50. The fraction of sp³-hybridized carbons (Fsp3) is 0.846. The van der Waals surface area contributed by atoms with Crippen LogP contribution in [0.4, 0.5) is 0 Å².